The normalized spacial score (nSPS) is 14.4. The third-order valence-corrected chi connectivity index (χ3v) is 5.35. The van der Waals surface area contributed by atoms with E-state index in [9.17, 15) is 0 Å². The summed E-state index contributed by atoms with van der Waals surface area (Å²) < 4.78 is 0. The SMILES string of the molecule is Cc1cccc(-c2ccc3nc(Nc4cc(CN5CCNCC5)ccn4)[nH]c3c2)n1.Cl. The van der Waals surface area contributed by atoms with Gasteiger partial charge in [-0.1, -0.05) is 12.1 Å². The maximum Gasteiger partial charge on any atom is 0.206 e. The number of fused-ring (bicyclic) bond motifs is 1. The van der Waals surface area contributed by atoms with Crippen LogP contribution in [0.5, 0.6) is 0 Å². The van der Waals surface area contributed by atoms with E-state index in [1.165, 1.54) is 5.56 Å². The monoisotopic (exact) mass is 435 g/mol. The lowest BCUT2D eigenvalue weighted by Gasteiger charge is -2.27. The van der Waals surface area contributed by atoms with E-state index < -0.39 is 0 Å². The lowest BCUT2D eigenvalue weighted by atomic mass is 10.1. The van der Waals surface area contributed by atoms with Crippen molar-refractivity contribution < 1.29 is 0 Å². The predicted octanol–water partition coefficient (Wildman–Crippen LogP) is 3.90. The van der Waals surface area contributed by atoms with Crippen LogP contribution in [0.1, 0.15) is 11.3 Å². The molecule has 31 heavy (non-hydrogen) atoms. The van der Waals surface area contributed by atoms with E-state index in [1.807, 2.05) is 37.4 Å². The number of rotatable bonds is 5. The first-order valence-corrected chi connectivity index (χ1v) is 10.3. The Bertz CT molecular complexity index is 1170. The Labute approximate surface area is 187 Å². The zero-order valence-corrected chi connectivity index (χ0v) is 18.2. The first-order valence-electron chi connectivity index (χ1n) is 10.3. The number of aromatic amines is 1. The molecule has 0 unspecified atom stereocenters. The molecule has 0 aliphatic carbocycles. The van der Waals surface area contributed by atoms with Gasteiger partial charge >= 0.3 is 0 Å². The summed E-state index contributed by atoms with van der Waals surface area (Å²) in [7, 11) is 0. The zero-order chi connectivity index (χ0) is 20.3. The van der Waals surface area contributed by atoms with E-state index in [-0.39, 0.29) is 12.4 Å². The second kappa shape index (κ2) is 9.43. The zero-order valence-electron chi connectivity index (χ0n) is 17.4. The summed E-state index contributed by atoms with van der Waals surface area (Å²) >= 11 is 0. The number of nitrogens with zero attached hydrogens (tertiary/aromatic N) is 4. The molecule has 1 saturated heterocycles. The van der Waals surface area contributed by atoms with Gasteiger partial charge in [-0.3, -0.25) is 9.88 Å². The van der Waals surface area contributed by atoms with Gasteiger partial charge in [-0.15, -0.1) is 12.4 Å². The van der Waals surface area contributed by atoms with Crippen LogP contribution in [-0.4, -0.2) is 51.0 Å². The molecule has 5 rings (SSSR count). The van der Waals surface area contributed by atoms with Gasteiger partial charge < -0.3 is 15.6 Å². The van der Waals surface area contributed by atoms with Crippen LogP contribution < -0.4 is 10.6 Å². The molecule has 1 fully saturated rings. The third kappa shape index (κ3) is 5.02. The summed E-state index contributed by atoms with van der Waals surface area (Å²) in [6, 6.07) is 16.4. The number of halogens is 1. The predicted molar refractivity (Wildman–Crippen MR) is 127 cm³/mol. The van der Waals surface area contributed by atoms with Crippen LogP contribution in [0.15, 0.2) is 54.7 Å². The highest BCUT2D eigenvalue weighted by Gasteiger charge is 2.11. The number of hydrogen-bond acceptors (Lipinski definition) is 6. The average Bonchev–Trinajstić information content (AvgIpc) is 3.16. The van der Waals surface area contributed by atoms with Crippen molar-refractivity contribution >= 4 is 35.2 Å². The Kier molecular flexibility index (Phi) is 6.46. The van der Waals surface area contributed by atoms with Gasteiger partial charge in [0.15, 0.2) is 0 Å². The van der Waals surface area contributed by atoms with Crippen LogP contribution in [-0.2, 0) is 6.54 Å². The molecule has 4 heterocycles. The first kappa shape index (κ1) is 21.2. The Morgan fingerprint density at radius 1 is 1.03 bits per heavy atom. The minimum atomic E-state index is 0. The second-order valence-corrected chi connectivity index (χ2v) is 7.68. The van der Waals surface area contributed by atoms with E-state index in [0.717, 1.165) is 66.5 Å². The fraction of sp³-hybridized carbons (Fsp3) is 0.261. The molecule has 1 aliphatic heterocycles. The fourth-order valence-corrected chi connectivity index (χ4v) is 3.82. The molecule has 1 aliphatic rings. The second-order valence-electron chi connectivity index (χ2n) is 7.68. The van der Waals surface area contributed by atoms with Crippen LogP contribution in [0, 0.1) is 6.92 Å². The number of nitrogens with one attached hydrogen (secondary N) is 3. The molecule has 8 heteroatoms. The number of imidazole rings is 1. The number of pyridine rings is 2. The minimum Gasteiger partial charge on any atom is -0.324 e. The number of piperazine rings is 1. The maximum absolute atomic E-state index is 4.66. The Morgan fingerprint density at radius 3 is 2.74 bits per heavy atom. The quantitative estimate of drug-likeness (QED) is 0.441. The van der Waals surface area contributed by atoms with Crippen molar-refractivity contribution in [3.8, 4) is 11.3 Å². The molecule has 160 valence electrons. The molecule has 3 aromatic heterocycles. The Hall–Kier alpha value is -3.00. The minimum absolute atomic E-state index is 0. The number of benzene rings is 1. The highest BCUT2D eigenvalue weighted by Crippen LogP contribution is 2.24. The molecule has 0 spiro atoms. The standard InChI is InChI=1S/C23H25N7.ClH/c1-16-3-2-4-19(26-16)18-5-6-20-21(14-18)28-23(27-20)29-22-13-17(7-8-25-22)15-30-11-9-24-10-12-30;/h2-8,13-14,24H,9-12,15H2,1H3,(H2,25,27,28,29);1H. The van der Waals surface area contributed by atoms with E-state index in [4.69, 9.17) is 0 Å². The summed E-state index contributed by atoms with van der Waals surface area (Å²) in [5.74, 6) is 1.48. The molecule has 1 aromatic carbocycles. The maximum atomic E-state index is 4.66. The summed E-state index contributed by atoms with van der Waals surface area (Å²) in [4.78, 5) is 19.6. The molecule has 0 amide bonds. The molecular formula is C23H26ClN7. The highest BCUT2D eigenvalue weighted by molar-refractivity contribution is 5.85. The topological polar surface area (TPSA) is 81.8 Å². The molecule has 3 N–H and O–H groups in total. The molecular weight excluding hydrogens is 410 g/mol. The van der Waals surface area contributed by atoms with E-state index in [1.54, 1.807) is 0 Å². The van der Waals surface area contributed by atoms with Crippen LogP contribution in [0.4, 0.5) is 11.8 Å². The first-order chi connectivity index (χ1) is 14.7. The number of aromatic nitrogens is 4. The van der Waals surface area contributed by atoms with Gasteiger partial charge in [0.1, 0.15) is 5.82 Å². The Morgan fingerprint density at radius 2 is 1.90 bits per heavy atom. The van der Waals surface area contributed by atoms with Gasteiger partial charge in [-0.25, -0.2) is 9.97 Å². The number of aryl methyl sites for hydroxylation is 1. The average molecular weight is 436 g/mol. The van der Waals surface area contributed by atoms with Crippen LogP contribution in [0.25, 0.3) is 22.3 Å². The number of hydrogen-bond donors (Lipinski definition) is 3. The van der Waals surface area contributed by atoms with Gasteiger partial charge in [0.05, 0.1) is 16.7 Å². The summed E-state index contributed by atoms with van der Waals surface area (Å²) in [6.07, 6.45) is 1.85. The van der Waals surface area contributed by atoms with Crippen molar-refractivity contribution in [2.75, 3.05) is 31.5 Å². The highest BCUT2D eigenvalue weighted by atomic mass is 35.5. The molecule has 4 aromatic rings. The van der Waals surface area contributed by atoms with Crippen molar-refractivity contribution in [1.82, 2.24) is 30.2 Å². The summed E-state index contributed by atoms with van der Waals surface area (Å²) in [5.41, 5.74) is 6.16. The lowest BCUT2D eigenvalue weighted by molar-refractivity contribution is 0.233. The smallest absolute Gasteiger partial charge is 0.206 e. The largest absolute Gasteiger partial charge is 0.324 e. The lowest BCUT2D eigenvalue weighted by Crippen LogP contribution is -2.42. The van der Waals surface area contributed by atoms with Gasteiger partial charge in [-0.05, 0) is 48.9 Å². The van der Waals surface area contributed by atoms with E-state index in [0.29, 0.717) is 5.95 Å². The van der Waals surface area contributed by atoms with Crippen molar-refractivity contribution in [3.05, 3.63) is 66.0 Å². The number of H-pyrrole nitrogens is 1. The van der Waals surface area contributed by atoms with Gasteiger partial charge in [0.25, 0.3) is 0 Å². The van der Waals surface area contributed by atoms with Crippen LogP contribution >= 0.6 is 12.4 Å². The van der Waals surface area contributed by atoms with Crippen molar-refractivity contribution in [3.63, 3.8) is 0 Å². The van der Waals surface area contributed by atoms with Gasteiger partial charge in [0.2, 0.25) is 5.95 Å². The molecule has 0 radical (unpaired) electrons. The molecule has 0 atom stereocenters. The van der Waals surface area contributed by atoms with Crippen molar-refractivity contribution in [2.24, 2.45) is 0 Å². The Balaban J connectivity index is 0.00000231. The van der Waals surface area contributed by atoms with Crippen molar-refractivity contribution in [2.45, 2.75) is 13.5 Å². The summed E-state index contributed by atoms with van der Waals surface area (Å²) in [5, 5.41) is 6.71. The molecule has 7 nitrogen and oxygen atoms in total. The van der Waals surface area contributed by atoms with E-state index >= 15 is 0 Å². The third-order valence-electron chi connectivity index (χ3n) is 5.35. The van der Waals surface area contributed by atoms with Crippen molar-refractivity contribution in [1.29, 1.82) is 0 Å². The van der Waals surface area contributed by atoms with Crippen LogP contribution in [0.2, 0.25) is 0 Å². The molecule has 0 bridgehead atoms. The van der Waals surface area contributed by atoms with Gasteiger partial charge in [0, 0.05) is 50.2 Å². The molecule has 0 saturated carbocycles. The van der Waals surface area contributed by atoms with Gasteiger partial charge in [-0.2, -0.15) is 0 Å². The number of anilines is 2. The van der Waals surface area contributed by atoms with E-state index in [2.05, 4.69) is 59.7 Å². The van der Waals surface area contributed by atoms with Crippen LogP contribution in [0.3, 0.4) is 0 Å². The fourth-order valence-electron chi connectivity index (χ4n) is 3.82. The summed E-state index contributed by atoms with van der Waals surface area (Å²) in [6.45, 7) is 7.19.